The Morgan fingerprint density at radius 2 is 1.80 bits per heavy atom. The summed E-state index contributed by atoms with van der Waals surface area (Å²) >= 11 is 0. The van der Waals surface area contributed by atoms with E-state index in [1.165, 1.54) is 12.0 Å². The fourth-order valence-corrected chi connectivity index (χ4v) is 3.17. The number of unbranched alkanes of at least 4 members (excludes halogenated alkanes) is 1. The van der Waals surface area contributed by atoms with E-state index in [1.54, 1.807) is 0 Å². The van der Waals surface area contributed by atoms with Gasteiger partial charge < -0.3 is 10.2 Å². The molecule has 1 fully saturated rings. The monoisotopic (exact) mass is 339 g/mol. The van der Waals surface area contributed by atoms with E-state index in [4.69, 9.17) is 0 Å². The third-order valence-corrected chi connectivity index (χ3v) is 4.61. The largest absolute Gasteiger partial charge is 0.370 e. The molecular weight excluding hydrogens is 310 g/mol. The zero-order valence-electron chi connectivity index (χ0n) is 15.4. The molecule has 1 saturated heterocycles. The van der Waals surface area contributed by atoms with Gasteiger partial charge in [-0.3, -0.25) is 4.90 Å². The number of aromatic nitrogens is 2. The average molecular weight is 339 g/mol. The standard InChI is InChI=1S/C20H29N5/c1-3-4-10-21-19-15-20(23-17(2)22-19)25-13-11-24(12-14-25)16-18-8-6-5-7-9-18/h5-9,15H,3-4,10-14,16H2,1-2H3,(H,21,22,23). The van der Waals surface area contributed by atoms with E-state index < -0.39 is 0 Å². The van der Waals surface area contributed by atoms with Crippen molar-refractivity contribution >= 4 is 11.6 Å². The lowest BCUT2D eigenvalue weighted by atomic mass is 10.2. The molecule has 0 radical (unpaired) electrons. The minimum atomic E-state index is 0.836. The maximum absolute atomic E-state index is 4.65. The summed E-state index contributed by atoms with van der Waals surface area (Å²) in [5.74, 6) is 2.83. The zero-order valence-corrected chi connectivity index (χ0v) is 15.4. The molecule has 5 nitrogen and oxygen atoms in total. The molecule has 3 rings (SSSR count). The lowest BCUT2D eigenvalue weighted by molar-refractivity contribution is 0.249. The molecule has 1 N–H and O–H groups in total. The third-order valence-electron chi connectivity index (χ3n) is 4.61. The number of anilines is 2. The summed E-state index contributed by atoms with van der Waals surface area (Å²) in [7, 11) is 0. The second-order valence-electron chi connectivity index (χ2n) is 6.69. The molecule has 5 heteroatoms. The van der Waals surface area contributed by atoms with Crippen LogP contribution >= 0.6 is 0 Å². The minimum Gasteiger partial charge on any atom is -0.370 e. The SMILES string of the molecule is CCCCNc1cc(N2CCN(Cc3ccccc3)CC2)nc(C)n1. The molecule has 1 aromatic heterocycles. The van der Waals surface area contributed by atoms with E-state index in [0.717, 1.165) is 63.1 Å². The first kappa shape index (κ1) is 17.7. The van der Waals surface area contributed by atoms with Crippen molar-refractivity contribution in [2.75, 3.05) is 42.9 Å². The van der Waals surface area contributed by atoms with Gasteiger partial charge >= 0.3 is 0 Å². The molecular formula is C20H29N5. The lowest BCUT2D eigenvalue weighted by Gasteiger charge is -2.35. The van der Waals surface area contributed by atoms with Crippen molar-refractivity contribution in [2.45, 2.75) is 33.2 Å². The molecule has 0 saturated carbocycles. The van der Waals surface area contributed by atoms with Crippen LogP contribution in [0, 0.1) is 6.92 Å². The number of aryl methyl sites for hydroxylation is 1. The smallest absolute Gasteiger partial charge is 0.134 e. The van der Waals surface area contributed by atoms with Gasteiger partial charge in [0.25, 0.3) is 0 Å². The molecule has 1 aliphatic rings. The Balaban J connectivity index is 1.57. The van der Waals surface area contributed by atoms with Gasteiger partial charge in [-0.25, -0.2) is 9.97 Å². The van der Waals surface area contributed by atoms with Crippen LogP contribution in [0.25, 0.3) is 0 Å². The summed E-state index contributed by atoms with van der Waals surface area (Å²) in [6.07, 6.45) is 2.35. The number of hydrogen-bond donors (Lipinski definition) is 1. The molecule has 0 spiro atoms. The molecule has 134 valence electrons. The van der Waals surface area contributed by atoms with Gasteiger partial charge in [0.2, 0.25) is 0 Å². The van der Waals surface area contributed by atoms with Crippen molar-refractivity contribution in [3.63, 3.8) is 0 Å². The highest BCUT2D eigenvalue weighted by molar-refractivity contribution is 5.49. The highest BCUT2D eigenvalue weighted by Gasteiger charge is 2.19. The van der Waals surface area contributed by atoms with Gasteiger partial charge in [-0.15, -0.1) is 0 Å². The Hall–Kier alpha value is -2.14. The van der Waals surface area contributed by atoms with Crippen LogP contribution in [0.2, 0.25) is 0 Å². The topological polar surface area (TPSA) is 44.3 Å². The maximum Gasteiger partial charge on any atom is 0.134 e. The van der Waals surface area contributed by atoms with Crippen molar-refractivity contribution in [1.29, 1.82) is 0 Å². The Bertz CT molecular complexity index is 650. The fraction of sp³-hybridized carbons (Fsp3) is 0.500. The zero-order chi connectivity index (χ0) is 17.5. The van der Waals surface area contributed by atoms with Crippen molar-refractivity contribution < 1.29 is 0 Å². The van der Waals surface area contributed by atoms with Gasteiger partial charge in [0.05, 0.1) is 0 Å². The van der Waals surface area contributed by atoms with Crippen LogP contribution in [-0.4, -0.2) is 47.6 Å². The number of hydrogen-bond acceptors (Lipinski definition) is 5. The summed E-state index contributed by atoms with van der Waals surface area (Å²) in [6, 6.07) is 12.8. The molecule has 0 aliphatic carbocycles. The van der Waals surface area contributed by atoms with E-state index in [2.05, 4.69) is 68.4 Å². The van der Waals surface area contributed by atoms with Crippen molar-refractivity contribution in [2.24, 2.45) is 0 Å². The first-order valence-electron chi connectivity index (χ1n) is 9.35. The number of nitrogens with one attached hydrogen (secondary N) is 1. The van der Waals surface area contributed by atoms with Crippen LogP contribution in [0.5, 0.6) is 0 Å². The molecule has 0 bridgehead atoms. The normalized spacial score (nSPS) is 15.4. The molecule has 2 heterocycles. The third kappa shape index (κ3) is 5.16. The van der Waals surface area contributed by atoms with Gasteiger partial charge in [0.1, 0.15) is 17.5 Å². The number of nitrogens with zero attached hydrogens (tertiary/aromatic N) is 4. The maximum atomic E-state index is 4.65. The van der Waals surface area contributed by atoms with Crippen molar-refractivity contribution in [3.05, 3.63) is 47.8 Å². The number of piperazine rings is 1. The fourth-order valence-electron chi connectivity index (χ4n) is 3.17. The van der Waals surface area contributed by atoms with Crippen LogP contribution in [0.4, 0.5) is 11.6 Å². The Morgan fingerprint density at radius 1 is 1.04 bits per heavy atom. The summed E-state index contributed by atoms with van der Waals surface area (Å²) in [5.41, 5.74) is 1.39. The van der Waals surface area contributed by atoms with Crippen LogP contribution in [0.15, 0.2) is 36.4 Å². The van der Waals surface area contributed by atoms with Crippen molar-refractivity contribution in [1.82, 2.24) is 14.9 Å². The summed E-state index contributed by atoms with van der Waals surface area (Å²) < 4.78 is 0. The summed E-state index contributed by atoms with van der Waals surface area (Å²) in [4.78, 5) is 14.1. The Labute approximate surface area is 151 Å². The van der Waals surface area contributed by atoms with Crippen LogP contribution in [0.1, 0.15) is 31.2 Å². The van der Waals surface area contributed by atoms with Gasteiger partial charge in [-0.2, -0.15) is 0 Å². The second-order valence-corrected chi connectivity index (χ2v) is 6.69. The Kier molecular flexibility index (Phi) is 6.23. The second kappa shape index (κ2) is 8.81. The van der Waals surface area contributed by atoms with Crippen LogP contribution in [0.3, 0.4) is 0 Å². The molecule has 1 aromatic carbocycles. The molecule has 0 amide bonds. The highest BCUT2D eigenvalue weighted by atomic mass is 15.3. The van der Waals surface area contributed by atoms with Crippen LogP contribution < -0.4 is 10.2 Å². The highest BCUT2D eigenvalue weighted by Crippen LogP contribution is 2.18. The number of rotatable bonds is 7. The van der Waals surface area contributed by atoms with Crippen molar-refractivity contribution in [3.8, 4) is 0 Å². The molecule has 0 atom stereocenters. The van der Waals surface area contributed by atoms with E-state index in [0.29, 0.717) is 0 Å². The molecule has 0 unspecified atom stereocenters. The molecule has 2 aromatic rings. The first-order chi connectivity index (χ1) is 12.2. The summed E-state index contributed by atoms with van der Waals surface area (Å²) in [5, 5.41) is 3.42. The average Bonchev–Trinajstić information content (AvgIpc) is 2.63. The predicted molar refractivity (Wildman–Crippen MR) is 104 cm³/mol. The Morgan fingerprint density at radius 3 is 2.52 bits per heavy atom. The first-order valence-corrected chi connectivity index (χ1v) is 9.35. The van der Waals surface area contributed by atoms with E-state index in [1.807, 2.05) is 6.92 Å². The van der Waals surface area contributed by atoms with Gasteiger partial charge in [-0.05, 0) is 18.9 Å². The molecule has 1 aliphatic heterocycles. The van der Waals surface area contributed by atoms with Gasteiger partial charge in [-0.1, -0.05) is 43.7 Å². The number of benzene rings is 1. The minimum absolute atomic E-state index is 0.836. The lowest BCUT2D eigenvalue weighted by Crippen LogP contribution is -2.46. The summed E-state index contributed by atoms with van der Waals surface area (Å²) in [6.45, 7) is 10.3. The quantitative estimate of drug-likeness (QED) is 0.784. The van der Waals surface area contributed by atoms with E-state index >= 15 is 0 Å². The predicted octanol–water partition coefficient (Wildman–Crippen LogP) is 3.32. The van der Waals surface area contributed by atoms with Gasteiger partial charge in [0.15, 0.2) is 0 Å². The molecule has 25 heavy (non-hydrogen) atoms. The van der Waals surface area contributed by atoms with Crippen LogP contribution in [-0.2, 0) is 6.54 Å². The van der Waals surface area contributed by atoms with E-state index in [9.17, 15) is 0 Å². The van der Waals surface area contributed by atoms with E-state index in [-0.39, 0.29) is 0 Å². The van der Waals surface area contributed by atoms with Gasteiger partial charge in [0, 0.05) is 45.3 Å².